The Morgan fingerprint density at radius 3 is 2.60 bits per heavy atom. The zero-order valence-corrected chi connectivity index (χ0v) is 17.7. The van der Waals surface area contributed by atoms with Crippen LogP contribution < -0.4 is 10.1 Å². The van der Waals surface area contributed by atoms with Gasteiger partial charge in [-0.1, -0.05) is 18.2 Å². The Bertz CT molecular complexity index is 1020. The minimum Gasteiger partial charge on any atom is -0.497 e. The van der Waals surface area contributed by atoms with E-state index in [0.717, 1.165) is 16.9 Å². The Morgan fingerprint density at radius 1 is 1.10 bits per heavy atom. The smallest absolute Gasteiger partial charge is 0.251 e. The van der Waals surface area contributed by atoms with Crippen molar-refractivity contribution in [2.75, 3.05) is 26.7 Å². The molecule has 0 spiro atoms. The van der Waals surface area contributed by atoms with Gasteiger partial charge in [0.15, 0.2) is 0 Å². The standard InChI is InChI=1S/C23H28N4O3/c1-4-26(5-2)22(28)16-27-20-12-7-6-11-19(20)25-21(27)13-14-24-23(29)17-9-8-10-18(15-17)30-3/h6-12,15H,4-5,13-14,16H2,1-3H3,(H,24,29). The van der Waals surface area contributed by atoms with Gasteiger partial charge >= 0.3 is 0 Å². The largest absolute Gasteiger partial charge is 0.497 e. The molecule has 0 atom stereocenters. The van der Waals surface area contributed by atoms with Crippen molar-refractivity contribution in [3.8, 4) is 5.75 Å². The molecule has 1 N–H and O–H groups in total. The van der Waals surface area contributed by atoms with Gasteiger partial charge in [-0.05, 0) is 44.2 Å². The summed E-state index contributed by atoms with van der Waals surface area (Å²) in [4.78, 5) is 31.6. The number of hydrogen-bond donors (Lipinski definition) is 1. The lowest BCUT2D eigenvalue weighted by Gasteiger charge is -2.20. The average molecular weight is 409 g/mol. The highest BCUT2D eigenvalue weighted by atomic mass is 16.5. The monoisotopic (exact) mass is 408 g/mol. The first-order valence-electron chi connectivity index (χ1n) is 10.2. The molecule has 0 unspecified atom stereocenters. The molecular weight excluding hydrogens is 380 g/mol. The van der Waals surface area contributed by atoms with Gasteiger partial charge in [0.25, 0.3) is 5.91 Å². The first-order valence-corrected chi connectivity index (χ1v) is 10.2. The molecule has 0 fully saturated rings. The third-order valence-corrected chi connectivity index (χ3v) is 5.11. The second-order valence-electron chi connectivity index (χ2n) is 6.91. The van der Waals surface area contributed by atoms with Crippen LogP contribution in [-0.4, -0.2) is 53.0 Å². The van der Waals surface area contributed by atoms with Crippen LogP contribution in [0.25, 0.3) is 11.0 Å². The summed E-state index contributed by atoms with van der Waals surface area (Å²) in [6, 6.07) is 14.8. The predicted octanol–water partition coefficient (Wildman–Crippen LogP) is 2.89. The van der Waals surface area contributed by atoms with Crippen LogP contribution in [0.5, 0.6) is 5.75 Å². The van der Waals surface area contributed by atoms with E-state index in [1.807, 2.05) is 47.6 Å². The van der Waals surface area contributed by atoms with E-state index in [4.69, 9.17) is 9.72 Å². The van der Waals surface area contributed by atoms with Crippen molar-refractivity contribution >= 4 is 22.8 Å². The van der Waals surface area contributed by atoms with Crippen LogP contribution in [0.15, 0.2) is 48.5 Å². The number of para-hydroxylation sites is 2. The Morgan fingerprint density at radius 2 is 1.87 bits per heavy atom. The molecule has 1 heterocycles. The number of benzene rings is 2. The Balaban J connectivity index is 1.73. The summed E-state index contributed by atoms with van der Waals surface area (Å²) >= 11 is 0. The van der Waals surface area contributed by atoms with Gasteiger partial charge < -0.3 is 19.5 Å². The van der Waals surface area contributed by atoms with Crippen molar-refractivity contribution in [1.29, 1.82) is 0 Å². The Hall–Kier alpha value is -3.35. The molecule has 0 aliphatic heterocycles. The summed E-state index contributed by atoms with van der Waals surface area (Å²) in [6.45, 7) is 5.95. The fourth-order valence-corrected chi connectivity index (χ4v) is 3.46. The first-order chi connectivity index (χ1) is 14.6. The third-order valence-electron chi connectivity index (χ3n) is 5.11. The number of carbonyl (C=O) groups is 2. The number of imidazole rings is 1. The molecule has 3 aromatic rings. The summed E-state index contributed by atoms with van der Waals surface area (Å²) in [5.41, 5.74) is 2.31. The fourth-order valence-electron chi connectivity index (χ4n) is 3.46. The van der Waals surface area contributed by atoms with Crippen molar-refractivity contribution < 1.29 is 14.3 Å². The lowest BCUT2D eigenvalue weighted by molar-refractivity contribution is -0.131. The SMILES string of the molecule is CCN(CC)C(=O)Cn1c(CCNC(=O)c2cccc(OC)c2)nc2ccccc21. The number of amides is 2. The number of hydrogen-bond acceptors (Lipinski definition) is 4. The molecular formula is C23H28N4O3. The highest BCUT2D eigenvalue weighted by Gasteiger charge is 2.17. The molecule has 7 heteroatoms. The quantitative estimate of drug-likeness (QED) is 0.591. The highest BCUT2D eigenvalue weighted by Crippen LogP contribution is 2.17. The van der Waals surface area contributed by atoms with E-state index in [0.29, 0.717) is 37.4 Å². The summed E-state index contributed by atoms with van der Waals surface area (Å²) in [6.07, 6.45) is 0.524. The lowest BCUT2D eigenvalue weighted by Crippen LogP contribution is -2.34. The fraction of sp³-hybridized carbons (Fsp3) is 0.348. The molecule has 0 bridgehead atoms. The second kappa shape index (κ2) is 9.91. The topological polar surface area (TPSA) is 76.5 Å². The predicted molar refractivity (Wildman–Crippen MR) is 117 cm³/mol. The van der Waals surface area contributed by atoms with E-state index in [2.05, 4.69) is 5.32 Å². The minimum absolute atomic E-state index is 0.0600. The van der Waals surface area contributed by atoms with Crippen molar-refractivity contribution in [2.24, 2.45) is 0 Å². The highest BCUT2D eigenvalue weighted by molar-refractivity contribution is 5.94. The van der Waals surface area contributed by atoms with Crippen molar-refractivity contribution in [1.82, 2.24) is 19.8 Å². The molecule has 0 radical (unpaired) electrons. The number of fused-ring (bicyclic) bond motifs is 1. The number of ether oxygens (including phenoxy) is 1. The molecule has 2 amide bonds. The molecule has 0 aliphatic rings. The average Bonchev–Trinajstić information content (AvgIpc) is 3.11. The summed E-state index contributed by atoms with van der Waals surface area (Å²) in [5, 5.41) is 2.93. The van der Waals surface area contributed by atoms with Gasteiger partial charge in [-0.2, -0.15) is 0 Å². The van der Waals surface area contributed by atoms with Crippen LogP contribution in [0.4, 0.5) is 0 Å². The number of aromatic nitrogens is 2. The maximum Gasteiger partial charge on any atom is 0.251 e. The van der Waals surface area contributed by atoms with Crippen LogP contribution in [-0.2, 0) is 17.8 Å². The van der Waals surface area contributed by atoms with Crippen molar-refractivity contribution in [2.45, 2.75) is 26.8 Å². The molecule has 30 heavy (non-hydrogen) atoms. The maximum absolute atomic E-state index is 12.7. The van der Waals surface area contributed by atoms with Crippen LogP contribution in [0.1, 0.15) is 30.0 Å². The van der Waals surface area contributed by atoms with Crippen LogP contribution in [0.2, 0.25) is 0 Å². The summed E-state index contributed by atoms with van der Waals surface area (Å²) in [5.74, 6) is 1.31. The van der Waals surface area contributed by atoms with E-state index in [9.17, 15) is 9.59 Å². The van der Waals surface area contributed by atoms with E-state index in [1.54, 1.807) is 31.4 Å². The molecule has 3 rings (SSSR count). The second-order valence-corrected chi connectivity index (χ2v) is 6.91. The van der Waals surface area contributed by atoms with Crippen molar-refractivity contribution in [3.63, 3.8) is 0 Å². The molecule has 0 saturated heterocycles. The first kappa shape index (κ1) is 21.4. The Kier molecular flexibility index (Phi) is 7.06. The maximum atomic E-state index is 12.7. The van der Waals surface area contributed by atoms with Crippen LogP contribution >= 0.6 is 0 Å². The molecule has 0 aliphatic carbocycles. The van der Waals surface area contributed by atoms with Crippen molar-refractivity contribution in [3.05, 3.63) is 59.9 Å². The molecule has 158 valence electrons. The summed E-state index contributed by atoms with van der Waals surface area (Å²) in [7, 11) is 1.57. The zero-order valence-electron chi connectivity index (χ0n) is 17.7. The molecule has 0 saturated carbocycles. The molecule has 7 nitrogen and oxygen atoms in total. The number of carbonyl (C=O) groups excluding carboxylic acids is 2. The van der Waals surface area contributed by atoms with E-state index < -0.39 is 0 Å². The normalized spacial score (nSPS) is 10.8. The van der Waals surface area contributed by atoms with Gasteiger partial charge in [-0.15, -0.1) is 0 Å². The molecule has 1 aromatic heterocycles. The van der Waals surface area contributed by atoms with E-state index in [1.165, 1.54) is 0 Å². The zero-order chi connectivity index (χ0) is 21.5. The number of nitrogens with zero attached hydrogens (tertiary/aromatic N) is 3. The minimum atomic E-state index is -0.171. The van der Waals surface area contributed by atoms with Gasteiger partial charge in [0.1, 0.15) is 18.1 Å². The number of methoxy groups -OCH3 is 1. The van der Waals surface area contributed by atoms with Gasteiger partial charge in [-0.25, -0.2) is 4.98 Å². The van der Waals surface area contributed by atoms with Gasteiger partial charge in [0.05, 0.1) is 18.1 Å². The van der Waals surface area contributed by atoms with E-state index >= 15 is 0 Å². The van der Waals surface area contributed by atoms with Crippen LogP contribution in [0.3, 0.4) is 0 Å². The number of rotatable bonds is 9. The third kappa shape index (κ3) is 4.79. The number of nitrogens with one attached hydrogen (secondary N) is 1. The molecule has 2 aromatic carbocycles. The van der Waals surface area contributed by atoms with Gasteiger partial charge in [0.2, 0.25) is 5.91 Å². The van der Waals surface area contributed by atoms with E-state index in [-0.39, 0.29) is 18.4 Å². The summed E-state index contributed by atoms with van der Waals surface area (Å²) < 4.78 is 7.13. The lowest BCUT2D eigenvalue weighted by atomic mass is 10.2. The van der Waals surface area contributed by atoms with Gasteiger partial charge in [-0.3, -0.25) is 9.59 Å². The number of likely N-dealkylation sites (N-methyl/N-ethyl adjacent to an activating group) is 1. The van der Waals surface area contributed by atoms with Gasteiger partial charge in [0, 0.05) is 31.6 Å². The Labute approximate surface area is 176 Å². The van der Waals surface area contributed by atoms with Crippen LogP contribution in [0, 0.1) is 0 Å².